The number of hydrogen-bond acceptors (Lipinski definition) is 7. The van der Waals surface area contributed by atoms with Gasteiger partial charge in [-0.25, -0.2) is 9.37 Å². The number of rotatable bonds is 11. The molecule has 1 atom stereocenters. The van der Waals surface area contributed by atoms with E-state index in [9.17, 15) is 32.3 Å². The second-order valence-corrected chi connectivity index (χ2v) is 7.29. The summed E-state index contributed by atoms with van der Waals surface area (Å²) in [4.78, 5) is 26.9. The van der Waals surface area contributed by atoms with Crippen LogP contribution in [-0.4, -0.2) is 64.5 Å². The van der Waals surface area contributed by atoms with Gasteiger partial charge in [-0.05, 0) is 18.6 Å². The van der Waals surface area contributed by atoms with Crippen LogP contribution in [0.4, 0.5) is 17.6 Å². The number of H-pyrrole nitrogens is 1. The average Bonchev–Trinajstić information content (AvgIpc) is 3.29. The first-order valence-electron chi connectivity index (χ1n) is 10.2. The van der Waals surface area contributed by atoms with Gasteiger partial charge in [0.1, 0.15) is 23.0 Å². The van der Waals surface area contributed by atoms with Gasteiger partial charge in [-0.2, -0.15) is 18.3 Å². The Hall–Kier alpha value is -3.94. The fraction of sp³-hybridized carbons (Fsp3) is 0.333. The fourth-order valence-corrected chi connectivity index (χ4v) is 2.81. The third-order valence-corrected chi connectivity index (χ3v) is 4.58. The van der Waals surface area contributed by atoms with Gasteiger partial charge in [0.25, 0.3) is 11.8 Å². The lowest BCUT2D eigenvalue weighted by atomic mass is 10.2. The molecule has 0 fully saturated rings. The van der Waals surface area contributed by atoms with E-state index in [4.69, 9.17) is 9.47 Å². The topological polar surface area (TPSA) is 138 Å². The van der Waals surface area contributed by atoms with Gasteiger partial charge >= 0.3 is 6.18 Å². The van der Waals surface area contributed by atoms with Crippen LogP contribution in [0.15, 0.2) is 36.7 Å². The van der Waals surface area contributed by atoms with Crippen molar-refractivity contribution in [3.05, 3.63) is 48.2 Å². The van der Waals surface area contributed by atoms with Crippen molar-refractivity contribution in [2.75, 3.05) is 26.3 Å². The Balaban J connectivity index is 1.28. The minimum Gasteiger partial charge on any atom is -0.484 e. The van der Waals surface area contributed by atoms with E-state index in [0.717, 1.165) is 24.4 Å². The summed E-state index contributed by atoms with van der Waals surface area (Å²) in [5.41, 5.74) is -0.660. The first kappa shape index (κ1) is 25.7. The summed E-state index contributed by atoms with van der Waals surface area (Å²) >= 11 is 0. The number of alkyl halides is 3. The van der Waals surface area contributed by atoms with E-state index in [0.29, 0.717) is 10.9 Å². The summed E-state index contributed by atoms with van der Waals surface area (Å²) < 4.78 is 61.6. The van der Waals surface area contributed by atoms with Gasteiger partial charge in [-0.1, -0.05) is 0 Å². The molecule has 0 aliphatic rings. The van der Waals surface area contributed by atoms with Crippen molar-refractivity contribution in [2.45, 2.75) is 18.7 Å². The SMILES string of the molecule is O=C(COc1cc(F)c2cn[nH]c2c1)NCC[C@H](O)CNC(=O)COc1ccc(C(F)(F)F)nc1. The number of aromatic nitrogens is 3. The number of hydrogen-bond donors (Lipinski definition) is 4. The number of carbonyl (C=O) groups excluding carboxylic acids is 2. The van der Waals surface area contributed by atoms with E-state index in [1.54, 1.807) is 0 Å². The molecule has 1 aromatic carbocycles. The lowest BCUT2D eigenvalue weighted by molar-refractivity contribution is -0.141. The van der Waals surface area contributed by atoms with Crippen LogP contribution in [-0.2, 0) is 15.8 Å². The van der Waals surface area contributed by atoms with Crippen LogP contribution in [0.2, 0.25) is 0 Å². The second kappa shape index (κ2) is 11.5. The summed E-state index contributed by atoms with van der Waals surface area (Å²) in [6.45, 7) is -0.912. The van der Waals surface area contributed by atoms with Crippen LogP contribution >= 0.6 is 0 Å². The molecule has 2 aromatic heterocycles. The molecule has 10 nitrogen and oxygen atoms in total. The number of amides is 2. The molecule has 3 aromatic rings. The largest absolute Gasteiger partial charge is 0.484 e. The average molecular weight is 499 g/mol. The lowest BCUT2D eigenvalue weighted by Crippen LogP contribution is -2.37. The first-order valence-corrected chi connectivity index (χ1v) is 10.2. The van der Waals surface area contributed by atoms with Gasteiger partial charge in [0, 0.05) is 25.2 Å². The van der Waals surface area contributed by atoms with Crippen LogP contribution in [0.3, 0.4) is 0 Å². The van der Waals surface area contributed by atoms with Crippen molar-refractivity contribution in [3.8, 4) is 11.5 Å². The number of aliphatic hydroxyl groups excluding tert-OH is 1. The Bertz CT molecular complexity index is 1150. The number of nitrogens with one attached hydrogen (secondary N) is 3. The zero-order chi connectivity index (χ0) is 25.4. The van der Waals surface area contributed by atoms with E-state index in [2.05, 4.69) is 25.8 Å². The number of benzene rings is 1. The number of halogens is 4. The second-order valence-electron chi connectivity index (χ2n) is 7.29. The molecule has 14 heteroatoms. The molecule has 188 valence electrons. The van der Waals surface area contributed by atoms with E-state index in [1.807, 2.05) is 0 Å². The van der Waals surface area contributed by atoms with E-state index < -0.39 is 42.2 Å². The normalized spacial score (nSPS) is 12.3. The molecule has 3 rings (SSSR count). The zero-order valence-electron chi connectivity index (χ0n) is 18.1. The van der Waals surface area contributed by atoms with Gasteiger partial charge < -0.3 is 25.2 Å². The molecule has 0 unspecified atom stereocenters. The highest BCUT2D eigenvalue weighted by molar-refractivity contribution is 5.81. The number of aliphatic hydroxyl groups is 1. The molecule has 0 bridgehead atoms. The maximum atomic E-state index is 13.9. The minimum atomic E-state index is -4.58. The third kappa shape index (κ3) is 7.81. The summed E-state index contributed by atoms with van der Waals surface area (Å²) in [6, 6.07) is 4.40. The predicted molar refractivity (Wildman–Crippen MR) is 113 cm³/mol. The molecule has 4 N–H and O–H groups in total. The Labute approximate surface area is 195 Å². The summed E-state index contributed by atoms with van der Waals surface area (Å²) in [7, 11) is 0. The molecule has 0 aliphatic carbocycles. The predicted octanol–water partition coefficient (Wildman–Crippen LogP) is 1.56. The number of aromatic amines is 1. The first-order chi connectivity index (χ1) is 16.6. The molecule has 0 spiro atoms. The number of pyridine rings is 1. The van der Waals surface area contributed by atoms with Crippen LogP contribution in [0.5, 0.6) is 11.5 Å². The number of nitrogens with zero attached hydrogens (tertiary/aromatic N) is 2. The zero-order valence-corrected chi connectivity index (χ0v) is 18.1. The smallest absolute Gasteiger partial charge is 0.433 e. The summed E-state index contributed by atoms with van der Waals surface area (Å²) in [5.74, 6) is -1.52. The minimum absolute atomic E-state index is 0.0224. The quantitative estimate of drug-likeness (QED) is 0.294. The van der Waals surface area contributed by atoms with Crippen molar-refractivity contribution in [3.63, 3.8) is 0 Å². The number of fused-ring (bicyclic) bond motifs is 1. The molecule has 0 radical (unpaired) electrons. The number of carbonyl (C=O) groups is 2. The summed E-state index contributed by atoms with van der Waals surface area (Å²) in [6.07, 6.45) is -3.26. The van der Waals surface area contributed by atoms with Crippen LogP contribution in [0, 0.1) is 5.82 Å². The number of ether oxygens (including phenoxy) is 2. The Morgan fingerprint density at radius 2 is 1.77 bits per heavy atom. The Kier molecular flexibility index (Phi) is 8.41. The van der Waals surface area contributed by atoms with Crippen LogP contribution < -0.4 is 20.1 Å². The maximum Gasteiger partial charge on any atom is 0.433 e. The van der Waals surface area contributed by atoms with Gasteiger partial charge in [-0.3, -0.25) is 14.7 Å². The Morgan fingerprint density at radius 3 is 2.46 bits per heavy atom. The van der Waals surface area contributed by atoms with E-state index >= 15 is 0 Å². The monoisotopic (exact) mass is 499 g/mol. The van der Waals surface area contributed by atoms with Crippen molar-refractivity contribution >= 4 is 22.7 Å². The molecular weight excluding hydrogens is 478 g/mol. The van der Waals surface area contributed by atoms with Crippen LogP contribution in [0.25, 0.3) is 10.9 Å². The molecule has 0 saturated heterocycles. The molecular formula is C21H21F4N5O5. The van der Waals surface area contributed by atoms with Crippen molar-refractivity contribution < 1.29 is 41.7 Å². The van der Waals surface area contributed by atoms with E-state index in [1.165, 1.54) is 12.3 Å². The highest BCUT2D eigenvalue weighted by Crippen LogP contribution is 2.28. The lowest BCUT2D eigenvalue weighted by Gasteiger charge is -2.13. The van der Waals surface area contributed by atoms with Gasteiger partial charge in [-0.15, -0.1) is 0 Å². The Morgan fingerprint density at radius 1 is 1.06 bits per heavy atom. The standard InChI is InChI=1S/C21H21F4N5O5/c22-16-5-14(6-17-15(16)9-29-30-17)35-10-19(32)26-4-3-12(31)7-28-20(33)11-34-13-1-2-18(27-8-13)21(23,24)25/h1-2,5-6,8-9,12,31H,3-4,7,10-11H2,(H,26,32)(H,28,33)(H,29,30)/t12-/m0/s1. The summed E-state index contributed by atoms with van der Waals surface area (Å²) in [5, 5.41) is 21.5. The molecule has 35 heavy (non-hydrogen) atoms. The van der Waals surface area contributed by atoms with E-state index in [-0.39, 0.29) is 37.6 Å². The fourth-order valence-electron chi connectivity index (χ4n) is 2.81. The molecule has 0 aliphatic heterocycles. The van der Waals surface area contributed by atoms with Crippen molar-refractivity contribution in [1.29, 1.82) is 0 Å². The van der Waals surface area contributed by atoms with Gasteiger partial charge in [0.05, 0.1) is 29.4 Å². The van der Waals surface area contributed by atoms with Crippen molar-refractivity contribution in [2.24, 2.45) is 0 Å². The highest BCUT2D eigenvalue weighted by atomic mass is 19.4. The van der Waals surface area contributed by atoms with Crippen LogP contribution in [0.1, 0.15) is 12.1 Å². The molecule has 2 heterocycles. The molecule has 0 saturated carbocycles. The van der Waals surface area contributed by atoms with Crippen molar-refractivity contribution in [1.82, 2.24) is 25.8 Å². The highest BCUT2D eigenvalue weighted by Gasteiger charge is 2.32. The maximum absolute atomic E-state index is 13.9. The molecule has 2 amide bonds. The van der Waals surface area contributed by atoms with Gasteiger partial charge in [0.15, 0.2) is 13.2 Å². The third-order valence-electron chi connectivity index (χ3n) is 4.58. The van der Waals surface area contributed by atoms with Gasteiger partial charge in [0.2, 0.25) is 0 Å².